The number of urea groups is 1. The van der Waals surface area contributed by atoms with Crippen LogP contribution >= 0.6 is 0 Å². The van der Waals surface area contributed by atoms with E-state index in [2.05, 4.69) is 31.3 Å². The summed E-state index contributed by atoms with van der Waals surface area (Å²) in [6.07, 6.45) is 2.02. The Labute approximate surface area is 109 Å². The molecule has 1 fully saturated rings. The fourth-order valence-electron chi connectivity index (χ4n) is 2.28. The quantitative estimate of drug-likeness (QED) is 0.589. The fourth-order valence-corrected chi connectivity index (χ4v) is 2.28. The van der Waals surface area contributed by atoms with Crippen molar-refractivity contribution in [3.63, 3.8) is 0 Å². The minimum Gasteiger partial charge on any atom is -0.481 e. The van der Waals surface area contributed by atoms with Gasteiger partial charge in [-0.05, 0) is 19.8 Å². The van der Waals surface area contributed by atoms with Gasteiger partial charge in [-0.2, -0.15) is 5.21 Å². The Bertz CT molecular complexity index is 462. The molecular weight excluding hydrogens is 252 g/mol. The summed E-state index contributed by atoms with van der Waals surface area (Å²) >= 11 is 0. The smallest absolute Gasteiger partial charge is 0.315 e. The highest BCUT2D eigenvalue weighted by molar-refractivity contribution is 5.79. The molecule has 2 unspecified atom stereocenters. The number of aromatic nitrogens is 4. The van der Waals surface area contributed by atoms with Crippen LogP contribution in [0, 0.1) is 5.41 Å². The predicted molar refractivity (Wildman–Crippen MR) is 62.9 cm³/mol. The van der Waals surface area contributed by atoms with Gasteiger partial charge in [0.1, 0.15) is 0 Å². The lowest BCUT2D eigenvalue weighted by atomic mass is 9.85. The van der Waals surface area contributed by atoms with E-state index in [1.165, 1.54) is 0 Å². The number of carbonyl (C=O) groups is 2. The van der Waals surface area contributed by atoms with Gasteiger partial charge in [0.2, 0.25) is 0 Å². The van der Waals surface area contributed by atoms with Crippen LogP contribution in [0.2, 0.25) is 0 Å². The topological polar surface area (TPSA) is 133 Å². The van der Waals surface area contributed by atoms with Crippen LogP contribution in [-0.4, -0.2) is 43.8 Å². The molecule has 1 aliphatic carbocycles. The lowest BCUT2D eigenvalue weighted by Crippen LogP contribution is -2.50. The van der Waals surface area contributed by atoms with Gasteiger partial charge in [-0.25, -0.2) is 4.79 Å². The van der Waals surface area contributed by atoms with Crippen LogP contribution in [0.5, 0.6) is 0 Å². The standard InChI is InChI=1S/C10H16N6O3/c1-10(8(17)18)4-2-3-6(10)12-9(19)11-5-7-13-15-16-14-7/h6H,2-5H2,1H3,(H,17,18)(H2,11,12,19)(H,13,14,15,16). The van der Waals surface area contributed by atoms with Gasteiger partial charge in [-0.15, -0.1) is 10.2 Å². The van der Waals surface area contributed by atoms with E-state index in [4.69, 9.17) is 0 Å². The number of rotatable bonds is 4. The number of hydrogen-bond donors (Lipinski definition) is 4. The van der Waals surface area contributed by atoms with Crippen LogP contribution in [-0.2, 0) is 11.3 Å². The number of aliphatic carboxylic acids is 1. The largest absolute Gasteiger partial charge is 0.481 e. The third-order valence-electron chi connectivity index (χ3n) is 3.55. The second-order valence-electron chi connectivity index (χ2n) is 4.82. The zero-order valence-corrected chi connectivity index (χ0v) is 10.5. The molecule has 0 aliphatic heterocycles. The Morgan fingerprint density at radius 3 is 3.00 bits per heavy atom. The maximum atomic E-state index is 11.7. The first-order valence-electron chi connectivity index (χ1n) is 6.02. The summed E-state index contributed by atoms with van der Waals surface area (Å²) in [5.41, 5.74) is -0.899. The Morgan fingerprint density at radius 2 is 2.37 bits per heavy atom. The number of carboxylic acids is 1. The van der Waals surface area contributed by atoms with Crippen LogP contribution < -0.4 is 10.6 Å². The molecule has 0 aromatic carbocycles. The summed E-state index contributed by atoms with van der Waals surface area (Å²) in [6.45, 7) is 1.80. The number of nitrogens with one attached hydrogen (secondary N) is 3. The van der Waals surface area contributed by atoms with Crippen molar-refractivity contribution in [2.24, 2.45) is 5.41 Å². The Hall–Kier alpha value is -2.19. The summed E-state index contributed by atoms with van der Waals surface area (Å²) in [5.74, 6) is -0.518. The van der Waals surface area contributed by atoms with Crippen molar-refractivity contribution in [1.82, 2.24) is 31.3 Å². The van der Waals surface area contributed by atoms with Crippen molar-refractivity contribution in [3.8, 4) is 0 Å². The zero-order chi connectivity index (χ0) is 13.9. The number of tetrazole rings is 1. The summed E-state index contributed by atoms with van der Waals surface area (Å²) in [7, 11) is 0. The molecule has 2 amide bonds. The van der Waals surface area contributed by atoms with Crippen LogP contribution in [0.15, 0.2) is 0 Å². The molecule has 0 saturated heterocycles. The molecule has 4 N–H and O–H groups in total. The van der Waals surface area contributed by atoms with E-state index in [9.17, 15) is 14.7 Å². The van der Waals surface area contributed by atoms with E-state index in [1.807, 2.05) is 0 Å². The van der Waals surface area contributed by atoms with Gasteiger partial charge in [0.15, 0.2) is 5.82 Å². The number of H-pyrrole nitrogens is 1. The van der Waals surface area contributed by atoms with Gasteiger partial charge in [0.25, 0.3) is 0 Å². The molecule has 9 nitrogen and oxygen atoms in total. The van der Waals surface area contributed by atoms with Crippen molar-refractivity contribution in [3.05, 3.63) is 5.82 Å². The highest BCUT2D eigenvalue weighted by atomic mass is 16.4. The highest BCUT2D eigenvalue weighted by Gasteiger charge is 2.45. The second-order valence-corrected chi connectivity index (χ2v) is 4.82. The maximum Gasteiger partial charge on any atom is 0.315 e. The SMILES string of the molecule is CC1(C(=O)O)CCCC1NC(=O)NCc1nn[nH]n1. The molecule has 19 heavy (non-hydrogen) atoms. The number of hydrogen-bond acceptors (Lipinski definition) is 5. The number of nitrogens with zero attached hydrogens (tertiary/aromatic N) is 3. The van der Waals surface area contributed by atoms with E-state index in [0.29, 0.717) is 18.7 Å². The van der Waals surface area contributed by atoms with Gasteiger partial charge >= 0.3 is 12.0 Å². The molecule has 9 heteroatoms. The molecule has 2 rings (SSSR count). The van der Waals surface area contributed by atoms with Gasteiger partial charge in [-0.3, -0.25) is 4.79 Å². The molecule has 1 aromatic heterocycles. The lowest BCUT2D eigenvalue weighted by molar-refractivity contribution is -0.148. The summed E-state index contributed by atoms with van der Waals surface area (Å²) in [6, 6.07) is -0.792. The number of carbonyl (C=O) groups excluding carboxylic acids is 1. The average molecular weight is 268 g/mol. The summed E-state index contributed by atoms with van der Waals surface area (Å²) in [5, 5.41) is 27.5. The number of amides is 2. The van der Waals surface area contributed by atoms with Gasteiger partial charge in [0.05, 0.1) is 12.0 Å². The average Bonchev–Trinajstić information content (AvgIpc) is 2.98. The van der Waals surface area contributed by atoms with Crippen LogP contribution in [0.3, 0.4) is 0 Å². The number of aromatic amines is 1. The number of carboxylic acid groups (broad SMARTS) is 1. The van der Waals surface area contributed by atoms with Crippen LogP contribution in [0.4, 0.5) is 4.79 Å². The summed E-state index contributed by atoms with van der Waals surface area (Å²) < 4.78 is 0. The molecule has 1 heterocycles. The van der Waals surface area contributed by atoms with E-state index >= 15 is 0 Å². The second kappa shape index (κ2) is 5.21. The lowest BCUT2D eigenvalue weighted by Gasteiger charge is -2.27. The third kappa shape index (κ3) is 2.80. The maximum absolute atomic E-state index is 11.7. The monoisotopic (exact) mass is 268 g/mol. The van der Waals surface area contributed by atoms with E-state index in [-0.39, 0.29) is 12.6 Å². The molecular formula is C10H16N6O3. The normalized spacial score (nSPS) is 26.1. The van der Waals surface area contributed by atoms with E-state index < -0.39 is 17.4 Å². The van der Waals surface area contributed by atoms with Crippen LogP contribution in [0.1, 0.15) is 32.0 Å². The predicted octanol–water partition coefficient (Wildman–Crippen LogP) is -0.358. The van der Waals surface area contributed by atoms with Gasteiger partial charge < -0.3 is 15.7 Å². The molecule has 0 bridgehead atoms. The summed E-state index contributed by atoms with van der Waals surface area (Å²) in [4.78, 5) is 23.0. The highest BCUT2D eigenvalue weighted by Crippen LogP contribution is 2.38. The van der Waals surface area contributed by atoms with E-state index in [1.54, 1.807) is 6.92 Å². The zero-order valence-electron chi connectivity index (χ0n) is 10.5. The minimum atomic E-state index is -0.899. The molecule has 0 radical (unpaired) electrons. The van der Waals surface area contributed by atoms with Crippen LogP contribution in [0.25, 0.3) is 0 Å². The molecule has 1 saturated carbocycles. The molecule has 1 aliphatic rings. The Morgan fingerprint density at radius 1 is 1.58 bits per heavy atom. The first-order chi connectivity index (χ1) is 9.02. The first kappa shape index (κ1) is 13.2. The molecule has 1 aromatic rings. The van der Waals surface area contributed by atoms with Crippen molar-refractivity contribution >= 4 is 12.0 Å². The molecule has 104 valence electrons. The molecule has 2 atom stereocenters. The van der Waals surface area contributed by atoms with Gasteiger partial charge in [-0.1, -0.05) is 11.6 Å². The fraction of sp³-hybridized carbons (Fsp3) is 0.700. The molecule has 0 spiro atoms. The van der Waals surface area contributed by atoms with Crippen molar-refractivity contribution in [1.29, 1.82) is 0 Å². The van der Waals surface area contributed by atoms with Crippen molar-refractivity contribution in [2.75, 3.05) is 0 Å². The van der Waals surface area contributed by atoms with E-state index in [0.717, 1.165) is 6.42 Å². The Balaban J connectivity index is 1.86. The Kier molecular flexibility index (Phi) is 3.63. The van der Waals surface area contributed by atoms with Crippen molar-refractivity contribution in [2.45, 2.75) is 38.8 Å². The van der Waals surface area contributed by atoms with Gasteiger partial charge in [0, 0.05) is 6.04 Å². The minimum absolute atomic E-state index is 0.138. The van der Waals surface area contributed by atoms with Crippen molar-refractivity contribution < 1.29 is 14.7 Å². The first-order valence-corrected chi connectivity index (χ1v) is 6.02. The third-order valence-corrected chi connectivity index (χ3v) is 3.55.